The lowest BCUT2D eigenvalue weighted by molar-refractivity contribution is -0.274. The monoisotopic (exact) mass is 476 g/mol. The number of aromatic nitrogens is 2. The minimum absolute atomic E-state index is 0.0531. The van der Waals surface area contributed by atoms with Crippen molar-refractivity contribution in [2.45, 2.75) is 62.1 Å². The van der Waals surface area contributed by atoms with Crippen molar-refractivity contribution in [3.63, 3.8) is 0 Å². The molecule has 0 saturated heterocycles. The number of ether oxygens (including phenoxy) is 1. The van der Waals surface area contributed by atoms with Gasteiger partial charge in [0.25, 0.3) is 0 Å². The van der Waals surface area contributed by atoms with Crippen LogP contribution in [-0.2, 0) is 0 Å². The number of halogens is 4. The van der Waals surface area contributed by atoms with E-state index in [1.807, 2.05) is 10.6 Å². The first-order chi connectivity index (χ1) is 16.1. The molecule has 2 heterocycles. The Labute approximate surface area is 193 Å². The summed E-state index contributed by atoms with van der Waals surface area (Å²) in [5.74, 6) is -0.578. The van der Waals surface area contributed by atoms with Gasteiger partial charge in [-0.15, -0.1) is 13.2 Å². The first kappa shape index (κ1) is 22.9. The van der Waals surface area contributed by atoms with Crippen molar-refractivity contribution in [1.29, 1.82) is 0 Å². The lowest BCUT2D eigenvalue weighted by atomic mass is 9.72. The van der Waals surface area contributed by atoms with Gasteiger partial charge in [-0.2, -0.15) is 0 Å². The Morgan fingerprint density at radius 3 is 2.50 bits per heavy atom. The molecular formula is C25H24F4N2O3. The van der Waals surface area contributed by atoms with E-state index in [4.69, 9.17) is 0 Å². The zero-order valence-electron chi connectivity index (χ0n) is 18.2. The molecule has 180 valence electrons. The third-order valence-corrected chi connectivity index (χ3v) is 7.17. The molecule has 0 amide bonds. The van der Waals surface area contributed by atoms with Crippen LogP contribution in [0.15, 0.2) is 55.0 Å². The van der Waals surface area contributed by atoms with Gasteiger partial charge in [0, 0.05) is 17.5 Å². The SMILES string of the molecule is OC(CC1c2c(F)cccc2-c2cncn21)C1(O)CCC(c2ccc(OC(F)(F)F)cc2)CC1. The Balaban J connectivity index is 1.26. The summed E-state index contributed by atoms with van der Waals surface area (Å²) in [4.78, 5) is 4.15. The summed E-state index contributed by atoms with van der Waals surface area (Å²) in [5, 5.41) is 22.3. The van der Waals surface area contributed by atoms with E-state index in [0.29, 0.717) is 31.2 Å². The standard InChI is InChI=1S/C25H24F4N2O3/c26-19-3-1-2-18-21-13-30-14-31(21)20(23(18)19)12-22(32)24(33)10-8-16(9-11-24)15-4-6-17(7-5-15)34-25(27,28)29/h1-7,13-14,16,20,22,32-33H,8-12H2. The molecule has 1 aliphatic heterocycles. The molecule has 1 aliphatic carbocycles. The van der Waals surface area contributed by atoms with Crippen molar-refractivity contribution in [1.82, 2.24) is 9.55 Å². The van der Waals surface area contributed by atoms with Crippen molar-refractivity contribution >= 4 is 0 Å². The van der Waals surface area contributed by atoms with E-state index < -0.39 is 24.1 Å². The molecule has 3 aromatic rings. The lowest BCUT2D eigenvalue weighted by Crippen LogP contribution is -2.46. The molecule has 1 fully saturated rings. The minimum Gasteiger partial charge on any atom is -0.406 e. The van der Waals surface area contributed by atoms with Crippen molar-refractivity contribution in [3.8, 4) is 17.0 Å². The van der Waals surface area contributed by atoms with Crippen LogP contribution in [0.3, 0.4) is 0 Å². The second-order valence-electron chi connectivity index (χ2n) is 9.15. The van der Waals surface area contributed by atoms with Crippen LogP contribution in [0.1, 0.15) is 55.2 Å². The highest BCUT2D eigenvalue weighted by Crippen LogP contribution is 2.46. The fourth-order valence-corrected chi connectivity index (χ4v) is 5.39. The number of hydrogen-bond acceptors (Lipinski definition) is 4. The van der Waals surface area contributed by atoms with Crippen molar-refractivity contribution in [3.05, 3.63) is 71.9 Å². The maximum absolute atomic E-state index is 14.7. The van der Waals surface area contributed by atoms with Gasteiger partial charge in [0.15, 0.2) is 0 Å². The van der Waals surface area contributed by atoms with Crippen LogP contribution in [0.2, 0.25) is 0 Å². The summed E-state index contributed by atoms with van der Waals surface area (Å²) in [6.07, 6.45) is -0.615. The smallest absolute Gasteiger partial charge is 0.406 e. The third-order valence-electron chi connectivity index (χ3n) is 7.17. The van der Waals surface area contributed by atoms with Crippen LogP contribution < -0.4 is 4.74 Å². The number of hydrogen-bond donors (Lipinski definition) is 2. The average Bonchev–Trinajstić information content (AvgIpc) is 3.37. The number of aliphatic hydroxyl groups is 2. The fraction of sp³-hybridized carbons (Fsp3) is 0.400. The maximum Gasteiger partial charge on any atom is 0.573 e. The predicted octanol–water partition coefficient (Wildman–Crippen LogP) is 5.33. The van der Waals surface area contributed by atoms with E-state index >= 15 is 0 Å². The second-order valence-corrected chi connectivity index (χ2v) is 9.15. The van der Waals surface area contributed by atoms with Gasteiger partial charge in [0.05, 0.1) is 36.0 Å². The molecule has 0 radical (unpaired) electrons. The maximum atomic E-state index is 14.7. The van der Waals surface area contributed by atoms with Crippen molar-refractivity contribution in [2.75, 3.05) is 0 Å². The number of alkyl halides is 3. The normalized spacial score (nSPS) is 25.0. The first-order valence-corrected chi connectivity index (χ1v) is 11.2. The van der Waals surface area contributed by atoms with Gasteiger partial charge in [0.1, 0.15) is 11.6 Å². The molecule has 5 nitrogen and oxygen atoms in total. The molecular weight excluding hydrogens is 452 g/mol. The predicted molar refractivity (Wildman–Crippen MR) is 116 cm³/mol. The Hall–Kier alpha value is -2.91. The molecule has 2 atom stereocenters. The average molecular weight is 476 g/mol. The van der Waals surface area contributed by atoms with Crippen LogP contribution >= 0.6 is 0 Å². The molecule has 2 aliphatic rings. The molecule has 9 heteroatoms. The van der Waals surface area contributed by atoms with Gasteiger partial charge in [-0.1, -0.05) is 24.3 Å². The van der Waals surface area contributed by atoms with Gasteiger partial charge < -0.3 is 19.5 Å². The summed E-state index contributed by atoms with van der Waals surface area (Å²) in [7, 11) is 0. The van der Waals surface area contributed by atoms with Gasteiger partial charge >= 0.3 is 6.36 Å². The minimum atomic E-state index is -4.74. The summed E-state index contributed by atoms with van der Waals surface area (Å²) in [6, 6.07) is 10.2. The number of aliphatic hydroxyl groups excluding tert-OH is 1. The van der Waals surface area contributed by atoms with Crippen LogP contribution in [0, 0.1) is 5.82 Å². The molecule has 5 rings (SSSR count). The summed E-state index contributed by atoms with van der Waals surface area (Å²) >= 11 is 0. The summed E-state index contributed by atoms with van der Waals surface area (Å²) in [5.41, 5.74) is 1.55. The third kappa shape index (κ3) is 4.18. The topological polar surface area (TPSA) is 67.5 Å². The zero-order valence-corrected chi connectivity index (χ0v) is 18.2. The van der Waals surface area contributed by atoms with Crippen LogP contribution in [-0.4, -0.2) is 37.8 Å². The highest BCUT2D eigenvalue weighted by molar-refractivity contribution is 5.69. The highest BCUT2D eigenvalue weighted by Gasteiger charge is 2.43. The van der Waals surface area contributed by atoms with Crippen molar-refractivity contribution in [2.24, 2.45) is 0 Å². The number of rotatable bonds is 5. The van der Waals surface area contributed by atoms with E-state index in [-0.39, 0.29) is 23.9 Å². The molecule has 2 unspecified atom stereocenters. The Bertz CT molecular complexity index is 1170. The summed E-state index contributed by atoms with van der Waals surface area (Å²) < 4.78 is 57.5. The van der Waals surface area contributed by atoms with Crippen molar-refractivity contribution < 1.29 is 32.5 Å². The molecule has 0 bridgehead atoms. The summed E-state index contributed by atoms with van der Waals surface area (Å²) in [6.45, 7) is 0. The Morgan fingerprint density at radius 1 is 1.12 bits per heavy atom. The number of nitrogens with zero attached hydrogens (tertiary/aromatic N) is 2. The van der Waals surface area contributed by atoms with E-state index in [9.17, 15) is 27.8 Å². The van der Waals surface area contributed by atoms with E-state index in [1.165, 1.54) is 18.2 Å². The first-order valence-electron chi connectivity index (χ1n) is 11.2. The number of imidazole rings is 1. The quantitative estimate of drug-likeness (QED) is 0.489. The molecule has 34 heavy (non-hydrogen) atoms. The number of fused-ring (bicyclic) bond motifs is 3. The molecule has 0 spiro atoms. The molecule has 2 aromatic carbocycles. The second kappa shape index (κ2) is 8.39. The van der Waals surface area contributed by atoms with E-state index in [0.717, 1.165) is 16.8 Å². The van der Waals surface area contributed by atoms with Gasteiger partial charge in [-0.25, -0.2) is 9.37 Å². The van der Waals surface area contributed by atoms with Gasteiger partial charge in [-0.3, -0.25) is 0 Å². The fourth-order valence-electron chi connectivity index (χ4n) is 5.39. The van der Waals surface area contributed by atoms with Crippen LogP contribution in [0.4, 0.5) is 17.6 Å². The van der Waals surface area contributed by atoms with Crippen LogP contribution in [0.5, 0.6) is 5.75 Å². The number of benzene rings is 2. The molecule has 1 saturated carbocycles. The Kier molecular flexibility index (Phi) is 5.64. The van der Waals surface area contributed by atoms with Crippen LogP contribution in [0.25, 0.3) is 11.3 Å². The largest absolute Gasteiger partial charge is 0.573 e. The zero-order chi connectivity index (χ0) is 24.1. The highest BCUT2D eigenvalue weighted by atomic mass is 19.4. The van der Waals surface area contributed by atoms with Gasteiger partial charge in [0.2, 0.25) is 0 Å². The lowest BCUT2D eigenvalue weighted by Gasteiger charge is -2.40. The molecule has 2 N–H and O–H groups in total. The van der Waals surface area contributed by atoms with E-state index in [1.54, 1.807) is 30.7 Å². The van der Waals surface area contributed by atoms with E-state index in [2.05, 4.69) is 9.72 Å². The molecule has 1 aromatic heterocycles. The Morgan fingerprint density at radius 2 is 1.82 bits per heavy atom. The van der Waals surface area contributed by atoms with Gasteiger partial charge in [-0.05, 0) is 55.4 Å².